The van der Waals surface area contributed by atoms with E-state index in [9.17, 15) is 4.79 Å². The SMILES string of the molecule is CC(C)CNC(=O)CN1CCCC1CCCN. The molecule has 1 atom stereocenters. The van der Waals surface area contributed by atoms with Crippen molar-refractivity contribution in [3.63, 3.8) is 0 Å². The average Bonchev–Trinajstić information content (AvgIpc) is 2.71. The predicted octanol–water partition coefficient (Wildman–Crippen LogP) is 0.962. The fourth-order valence-corrected chi connectivity index (χ4v) is 2.34. The quantitative estimate of drug-likeness (QED) is 0.698. The molecule has 100 valence electrons. The van der Waals surface area contributed by atoms with Crippen molar-refractivity contribution in [2.45, 2.75) is 45.6 Å². The van der Waals surface area contributed by atoms with E-state index < -0.39 is 0 Å². The van der Waals surface area contributed by atoms with E-state index in [1.807, 2.05) is 0 Å². The Hall–Kier alpha value is -0.610. The number of carbonyl (C=O) groups is 1. The van der Waals surface area contributed by atoms with Crippen molar-refractivity contribution in [1.29, 1.82) is 0 Å². The number of likely N-dealkylation sites (tertiary alicyclic amines) is 1. The summed E-state index contributed by atoms with van der Waals surface area (Å²) in [5.74, 6) is 0.684. The summed E-state index contributed by atoms with van der Waals surface area (Å²) >= 11 is 0. The lowest BCUT2D eigenvalue weighted by molar-refractivity contribution is -0.122. The molecule has 1 saturated heterocycles. The fraction of sp³-hybridized carbons (Fsp3) is 0.923. The maximum absolute atomic E-state index is 11.7. The fourth-order valence-electron chi connectivity index (χ4n) is 2.34. The molecule has 0 aromatic rings. The van der Waals surface area contributed by atoms with E-state index in [0.717, 1.165) is 32.5 Å². The van der Waals surface area contributed by atoms with Gasteiger partial charge in [0.1, 0.15) is 0 Å². The van der Waals surface area contributed by atoms with Crippen LogP contribution in [0.25, 0.3) is 0 Å². The Morgan fingerprint density at radius 3 is 2.94 bits per heavy atom. The zero-order valence-corrected chi connectivity index (χ0v) is 11.2. The van der Waals surface area contributed by atoms with E-state index in [4.69, 9.17) is 5.73 Å². The maximum atomic E-state index is 11.7. The van der Waals surface area contributed by atoms with Gasteiger partial charge in [-0.2, -0.15) is 0 Å². The first kappa shape index (κ1) is 14.5. The van der Waals surface area contributed by atoms with Crippen LogP contribution in [-0.2, 0) is 4.79 Å². The highest BCUT2D eigenvalue weighted by atomic mass is 16.2. The Balaban J connectivity index is 2.26. The molecular formula is C13H27N3O. The Labute approximate surface area is 105 Å². The maximum Gasteiger partial charge on any atom is 0.234 e. The lowest BCUT2D eigenvalue weighted by atomic mass is 10.1. The van der Waals surface area contributed by atoms with Crippen LogP contribution >= 0.6 is 0 Å². The molecule has 1 amide bonds. The number of nitrogens with one attached hydrogen (secondary N) is 1. The van der Waals surface area contributed by atoms with Crippen LogP contribution in [0.5, 0.6) is 0 Å². The summed E-state index contributed by atoms with van der Waals surface area (Å²) in [5.41, 5.74) is 5.54. The van der Waals surface area contributed by atoms with Gasteiger partial charge >= 0.3 is 0 Å². The van der Waals surface area contributed by atoms with Crippen molar-refractivity contribution in [2.75, 3.05) is 26.2 Å². The first-order valence-corrected chi connectivity index (χ1v) is 6.84. The minimum atomic E-state index is 0.165. The molecule has 1 aliphatic heterocycles. The van der Waals surface area contributed by atoms with Gasteiger partial charge in [-0.05, 0) is 44.7 Å². The summed E-state index contributed by atoms with van der Waals surface area (Å²) in [4.78, 5) is 14.1. The predicted molar refractivity (Wildman–Crippen MR) is 70.7 cm³/mol. The number of nitrogens with zero attached hydrogens (tertiary/aromatic N) is 1. The molecule has 0 bridgehead atoms. The molecule has 1 aliphatic rings. The van der Waals surface area contributed by atoms with Crippen molar-refractivity contribution >= 4 is 5.91 Å². The molecule has 0 aromatic carbocycles. The standard InChI is InChI=1S/C13H27N3O/c1-11(2)9-15-13(17)10-16-8-4-6-12(16)5-3-7-14/h11-12H,3-10,14H2,1-2H3,(H,15,17). The highest BCUT2D eigenvalue weighted by molar-refractivity contribution is 5.78. The van der Waals surface area contributed by atoms with Crippen molar-refractivity contribution in [3.05, 3.63) is 0 Å². The van der Waals surface area contributed by atoms with Gasteiger partial charge < -0.3 is 11.1 Å². The van der Waals surface area contributed by atoms with Crippen molar-refractivity contribution < 1.29 is 4.79 Å². The van der Waals surface area contributed by atoms with Crippen LogP contribution in [0.4, 0.5) is 0 Å². The van der Waals surface area contributed by atoms with Gasteiger partial charge in [-0.1, -0.05) is 13.8 Å². The lowest BCUT2D eigenvalue weighted by Gasteiger charge is -2.23. The monoisotopic (exact) mass is 241 g/mol. The molecule has 1 heterocycles. The zero-order valence-electron chi connectivity index (χ0n) is 11.2. The van der Waals surface area contributed by atoms with E-state index in [1.165, 1.54) is 12.8 Å². The molecule has 1 rings (SSSR count). The zero-order chi connectivity index (χ0) is 12.7. The Morgan fingerprint density at radius 2 is 2.29 bits per heavy atom. The molecule has 0 radical (unpaired) electrons. The van der Waals surface area contributed by atoms with Crippen molar-refractivity contribution in [3.8, 4) is 0 Å². The summed E-state index contributed by atoms with van der Waals surface area (Å²) in [7, 11) is 0. The normalized spacial score (nSPS) is 21.1. The van der Waals surface area contributed by atoms with Gasteiger partial charge in [0.05, 0.1) is 6.54 Å². The van der Waals surface area contributed by atoms with Crippen LogP contribution in [0, 0.1) is 5.92 Å². The summed E-state index contributed by atoms with van der Waals surface area (Å²) in [6.07, 6.45) is 4.63. The van der Waals surface area contributed by atoms with Gasteiger partial charge in [0, 0.05) is 12.6 Å². The highest BCUT2D eigenvalue weighted by Crippen LogP contribution is 2.20. The molecule has 4 nitrogen and oxygen atoms in total. The van der Waals surface area contributed by atoms with Gasteiger partial charge in [0.2, 0.25) is 5.91 Å². The van der Waals surface area contributed by atoms with E-state index in [2.05, 4.69) is 24.1 Å². The van der Waals surface area contributed by atoms with Gasteiger partial charge in [0.25, 0.3) is 0 Å². The lowest BCUT2D eigenvalue weighted by Crippen LogP contribution is -2.40. The summed E-state index contributed by atoms with van der Waals surface area (Å²) in [5, 5.41) is 2.98. The summed E-state index contributed by atoms with van der Waals surface area (Å²) < 4.78 is 0. The first-order valence-electron chi connectivity index (χ1n) is 6.84. The second kappa shape index (κ2) is 7.67. The van der Waals surface area contributed by atoms with Crippen molar-refractivity contribution in [2.24, 2.45) is 11.7 Å². The topological polar surface area (TPSA) is 58.4 Å². The van der Waals surface area contributed by atoms with E-state index >= 15 is 0 Å². The van der Waals surface area contributed by atoms with Crippen LogP contribution < -0.4 is 11.1 Å². The number of carbonyl (C=O) groups excluding carboxylic acids is 1. The second-order valence-corrected chi connectivity index (χ2v) is 5.40. The third kappa shape index (κ3) is 5.50. The molecule has 0 aromatic heterocycles. The third-order valence-electron chi connectivity index (χ3n) is 3.29. The molecule has 0 aliphatic carbocycles. The van der Waals surface area contributed by atoms with Gasteiger partial charge in [0.15, 0.2) is 0 Å². The minimum absolute atomic E-state index is 0.165. The van der Waals surface area contributed by atoms with Crippen LogP contribution in [0.15, 0.2) is 0 Å². The van der Waals surface area contributed by atoms with Crippen LogP contribution in [0.2, 0.25) is 0 Å². The highest BCUT2D eigenvalue weighted by Gasteiger charge is 2.25. The number of hydrogen-bond acceptors (Lipinski definition) is 3. The van der Waals surface area contributed by atoms with Crippen LogP contribution in [0.3, 0.4) is 0 Å². The van der Waals surface area contributed by atoms with E-state index in [0.29, 0.717) is 18.5 Å². The molecule has 17 heavy (non-hydrogen) atoms. The molecule has 0 spiro atoms. The number of hydrogen-bond donors (Lipinski definition) is 2. The summed E-state index contributed by atoms with van der Waals surface area (Å²) in [6, 6.07) is 0.573. The summed E-state index contributed by atoms with van der Waals surface area (Å²) in [6.45, 7) is 7.37. The van der Waals surface area contributed by atoms with Crippen molar-refractivity contribution in [1.82, 2.24) is 10.2 Å². The Morgan fingerprint density at radius 1 is 1.53 bits per heavy atom. The smallest absolute Gasteiger partial charge is 0.234 e. The molecule has 1 unspecified atom stereocenters. The molecule has 4 heteroatoms. The van der Waals surface area contributed by atoms with Crippen LogP contribution in [0.1, 0.15) is 39.5 Å². The Bertz CT molecular complexity index is 231. The third-order valence-corrected chi connectivity index (χ3v) is 3.29. The molecule has 1 fully saturated rings. The number of amides is 1. The number of rotatable bonds is 7. The molecular weight excluding hydrogens is 214 g/mol. The van der Waals surface area contributed by atoms with Gasteiger partial charge in [-0.3, -0.25) is 9.69 Å². The van der Waals surface area contributed by atoms with Crippen LogP contribution in [-0.4, -0.2) is 43.0 Å². The largest absolute Gasteiger partial charge is 0.355 e. The molecule has 3 N–H and O–H groups in total. The average molecular weight is 241 g/mol. The minimum Gasteiger partial charge on any atom is -0.355 e. The second-order valence-electron chi connectivity index (χ2n) is 5.40. The van der Waals surface area contributed by atoms with E-state index in [-0.39, 0.29) is 5.91 Å². The van der Waals surface area contributed by atoms with Gasteiger partial charge in [-0.15, -0.1) is 0 Å². The number of nitrogens with two attached hydrogens (primary N) is 1. The Kier molecular flexibility index (Phi) is 6.52. The van der Waals surface area contributed by atoms with Gasteiger partial charge in [-0.25, -0.2) is 0 Å². The van der Waals surface area contributed by atoms with E-state index in [1.54, 1.807) is 0 Å². The first-order chi connectivity index (χ1) is 8.13. The molecule has 0 saturated carbocycles.